The first-order valence-corrected chi connectivity index (χ1v) is 9.77. The Morgan fingerprint density at radius 2 is 1.68 bits per heavy atom. The van der Waals surface area contributed by atoms with Crippen LogP contribution in [0.25, 0.3) is 0 Å². The molecule has 6 nitrogen and oxygen atoms in total. The van der Waals surface area contributed by atoms with Gasteiger partial charge in [-0.2, -0.15) is 5.10 Å². The van der Waals surface area contributed by atoms with Gasteiger partial charge in [0.05, 0.1) is 23.4 Å². The summed E-state index contributed by atoms with van der Waals surface area (Å²) >= 11 is 1.40. The Hall–Kier alpha value is -3.32. The summed E-state index contributed by atoms with van der Waals surface area (Å²) < 4.78 is 11.3. The fourth-order valence-corrected chi connectivity index (χ4v) is 3.93. The second-order valence-electron chi connectivity index (χ2n) is 6.25. The fraction of sp³-hybridized carbons (Fsp3) is 0.0952. The van der Waals surface area contributed by atoms with Crippen molar-refractivity contribution in [2.75, 3.05) is 10.7 Å². The van der Waals surface area contributed by atoms with Crippen LogP contribution in [0.15, 0.2) is 81.5 Å². The summed E-state index contributed by atoms with van der Waals surface area (Å²) in [5.74, 6) is 2.26. The van der Waals surface area contributed by atoms with E-state index in [-0.39, 0.29) is 11.7 Å². The lowest BCUT2D eigenvalue weighted by Gasteiger charge is -2.31. The molecule has 2 aliphatic rings. The molecular weight excluding hydrogens is 374 g/mol. The number of anilines is 2. The normalized spacial score (nSPS) is 14.6. The molecule has 0 saturated heterocycles. The molecule has 0 N–H and O–H groups in total. The largest absolute Gasteiger partial charge is 0.463 e. The number of benzene rings is 2. The topological polar surface area (TPSA) is 67.4 Å². The standard InChI is InChI=1S/C21H15N3O3S/c25-21(13-28-20-12-14(22-23-20)17-10-5-11-26-17)24-15-6-1-3-8-18(15)27-19-9-4-2-7-16(19)24/h1-11H,12-13H2. The molecule has 2 aliphatic heterocycles. The van der Waals surface area contributed by atoms with Crippen molar-refractivity contribution >= 4 is 39.8 Å². The number of thioether (sulfide) groups is 1. The molecule has 1 aromatic heterocycles. The number of para-hydroxylation sites is 4. The molecule has 0 atom stereocenters. The second kappa shape index (κ2) is 7.01. The molecule has 5 rings (SSSR count). The zero-order chi connectivity index (χ0) is 18.9. The minimum absolute atomic E-state index is 0.0395. The van der Waals surface area contributed by atoms with Gasteiger partial charge < -0.3 is 9.15 Å². The van der Waals surface area contributed by atoms with E-state index in [0.717, 1.165) is 22.1 Å². The SMILES string of the molecule is O=C(CSC1=NN=C(c2ccco2)C1)N1c2ccccc2Oc2ccccc21. The summed E-state index contributed by atoms with van der Waals surface area (Å²) in [5.41, 5.74) is 2.27. The van der Waals surface area contributed by atoms with E-state index in [1.165, 1.54) is 11.8 Å². The van der Waals surface area contributed by atoms with Gasteiger partial charge in [0, 0.05) is 6.42 Å². The molecule has 138 valence electrons. The number of furan rings is 1. The van der Waals surface area contributed by atoms with Gasteiger partial charge in [-0.1, -0.05) is 36.0 Å². The summed E-state index contributed by atoms with van der Waals surface area (Å²) in [5, 5.41) is 9.16. The van der Waals surface area contributed by atoms with Crippen LogP contribution in [0, 0.1) is 0 Å². The lowest BCUT2D eigenvalue weighted by molar-refractivity contribution is -0.115. The summed E-state index contributed by atoms with van der Waals surface area (Å²) in [6, 6.07) is 18.8. The van der Waals surface area contributed by atoms with E-state index in [1.54, 1.807) is 11.2 Å². The number of rotatable bonds is 3. The van der Waals surface area contributed by atoms with Gasteiger partial charge in [-0.15, -0.1) is 5.10 Å². The Bertz CT molecular complexity index is 1060. The number of hydrogen-bond acceptors (Lipinski definition) is 6. The van der Waals surface area contributed by atoms with Crippen LogP contribution in [0.2, 0.25) is 0 Å². The molecule has 7 heteroatoms. The van der Waals surface area contributed by atoms with Gasteiger partial charge in [-0.3, -0.25) is 9.69 Å². The third kappa shape index (κ3) is 2.99. The predicted molar refractivity (Wildman–Crippen MR) is 110 cm³/mol. The highest BCUT2D eigenvalue weighted by Gasteiger charge is 2.29. The Kier molecular flexibility index (Phi) is 4.21. The van der Waals surface area contributed by atoms with E-state index in [0.29, 0.717) is 23.7 Å². The van der Waals surface area contributed by atoms with Crippen molar-refractivity contribution in [2.24, 2.45) is 10.2 Å². The molecule has 3 heterocycles. The van der Waals surface area contributed by atoms with Crippen molar-refractivity contribution in [1.82, 2.24) is 0 Å². The molecule has 0 fully saturated rings. The number of carbonyl (C=O) groups is 1. The van der Waals surface area contributed by atoms with Gasteiger partial charge in [0.2, 0.25) is 5.91 Å². The van der Waals surface area contributed by atoms with Crippen LogP contribution < -0.4 is 9.64 Å². The first kappa shape index (κ1) is 16.8. The lowest BCUT2D eigenvalue weighted by Crippen LogP contribution is -2.30. The highest BCUT2D eigenvalue weighted by molar-refractivity contribution is 8.14. The molecule has 3 aromatic rings. The monoisotopic (exact) mass is 389 g/mol. The molecule has 0 radical (unpaired) electrons. The quantitative estimate of drug-likeness (QED) is 0.633. The number of fused-ring (bicyclic) bond motifs is 2. The van der Waals surface area contributed by atoms with Crippen molar-refractivity contribution in [2.45, 2.75) is 6.42 Å². The van der Waals surface area contributed by atoms with Crippen LogP contribution in [0.5, 0.6) is 11.5 Å². The molecule has 0 unspecified atom stereocenters. The summed E-state index contributed by atoms with van der Waals surface area (Å²) in [6.45, 7) is 0. The van der Waals surface area contributed by atoms with Crippen LogP contribution >= 0.6 is 11.8 Å². The van der Waals surface area contributed by atoms with Crippen molar-refractivity contribution in [3.63, 3.8) is 0 Å². The number of amides is 1. The van der Waals surface area contributed by atoms with Crippen LogP contribution in [0.4, 0.5) is 11.4 Å². The average Bonchev–Trinajstić information content (AvgIpc) is 3.42. The number of ether oxygens (including phenoxy) is 1. The smallest absolute Gasteiger partial charge is 0.242 e. The van der Waals surface area contributed by atoms with Crippen LogP contribution in [-0.4, -0.2) is 22.4 Å². The molecule has 2 aromatic carbocycles. The van der Waals surface area contributed by atoms with Crippen molar-refractivity contribution in [1.29, 1.82) is 0 Å². The molecule has 0 spiro atoms. The van der Waals surface area contributed by atoms with Crippen LogP contribution in [0.3, 0.4) is 0 Å². The van der Waals surface area contributed by atoms with Gasteiger partial charge in [0.25, 0.3) is 0 Å². The highest BCUT2D eigenvalue weighted by atomic mass is 32.2. The Labute approximate surface area is 165 Å². The highest BCUT2D eigenvalue weighted by Crippen LogP contribution is 2.46. The zero-order valence-electron chi connectivity index (χ0n) is 14.7. The van der Waals surface area contributed by atoms with Crippen molar-refractivity contribution < 1.29 is 13.9 Å². The van der Waals surface area contributed by atoms with Gasteiger partial charge in [-0.25, -0.2) is 0 Å². The van der Waals surface area contributed by atoms with Gasteiger partial charge in [0.15, 0.2) is 11.5 Å². The van der Waals surface area contributed by atoms with Crippen molar-refractivity contribution in [3.05, 3.63) is 72.7 Å². The maximum atomic E-state index is 13.1. The van der Waals surface area contributed by atoms with E-state index >= 15 is 0 Å². The molecule has 1 amide bonds. The van der Waals surface area contributed by atoms with E-state index in [4.69, 9.17) is 9.15 Å². The van der Waals surface area contributed by atoms with Crippen LogP contribution in [0.1, 0.15) is 12.2 Å². The first-order valence-electron chi connectivity index (χ1n) is 8.78. The minimum Gasteiger partial charge on any atom is -0.463 e. The predicted octanol–water partition coefficient (Wildman–Crippen LogP) is 4.99. The molecule has 0 saturated carbocycles. The van der Waals surface area contributed by atoms with Gasteiger partial charge in [-0.05, 0) is 36.4 Å². The molecule has 28 heavy (non-hydrogen) atoms. The Morgan fingerprint density at radius 3 is 2.36 bits per heavy atom. The number of nitrogens with zero attached hydrogens (tertiary/aromatic N) is 3. The molecule has 0 aliphatic carbocycles. The fourth-order valence-electron chi connectivity index (χ4n) is 3.17. The maximum absolute atomic E-state index is 13.1. The lowest BCUT2D eigenvalue weighted by atomic mass is 10.1. The maximum Gasteiger partial charge on any atom is 0.242 e. The second-order valence-corrected chi connectivity index (χ2v) is 7.30. The van der Waals surface area contributed by atoms with E-state index < -0.39 is 0 Å². The van der Waals surface area contributed by atoms with Gasteiger partial charge in [0.1, 0.15) is 16.5 Å². The van der Waals surface area contributed by atoms with Gasteiger partial charge >= 0.3 is 0 Å². The molecular formula is C21H15N3O3S. The summed E-state index contributed by atoms with van der Waals surface area (Å²) in [7, 11) is 0. The Balaban J connectivity index is 1.33. The third-order valence-electron chi connectivity index (χ3n) is 4.45. The first-order chi connectivity index (χ1) is 13.8. The van der Waals surface area contributed by atoms with Crippen LogP contribution in [-0.2, 0) is 4.79 Å². The number of carbonyl (C=O) groups excluding carboxylic acids is 1. The molecule has 0 bridgehead atoms. The van der Waals surface area contributed by atoms with E-state index in [1.807, 2.05) is 60.7 Å². The number of hydrogen-bond donors (Lipinski definition) is 0. The summed E-state index contributed by atoms with van der Waals surface area (Å²) in [6.07, 6.45) is 2.18. The Morgan fingerprint density at radius 1 is 0.964 bits per heavy atom. The van der Waals surface area contributed by atoms with E-state index in [9.17, 15) is 4.79 Å². The third-order valence-corrected chi connectivity index (χ3v) is 5.40. The average molecular weight is 389 g/mol. The van der Waals surface area contributed by atoms with E-state index in [2.05, 4.69) is 10.2 Å². The minimum atomic E-state index is -0.0395. The van der Waals surface area contributed by atoms with Crippen molar-refractivity contribution in [3.8, 4) is 11.5 Å². The summed E-state index contributed by atoms with van der Waals surface area (Å²) in [4.78, 5) is 14.8. The zero-order valence-corrected chi connectivity index (χ0v) is 15.6.